The molecule has 1 aliphatic carbocycles. The second-order valence-electron chi connectivity index (χ2n) is 6.04. The van der Waals surface area contributed by atoms with E-state index in [9.17, 15) is 8.42 Å². The molecule has 2 unspecified atom stereocenters. The summed E-state index contributed by atoms with van der Waals surface area (Å²) >= 11 is 0. The molecule has 0 aromatic carbocycles. The smallest absolute Gasteiger partial charge is 0.244 e. The van der Waals surface area contributed by atoms with Crippen LogP contribution in [-0.4, -0.2) is 31.2 Å². The Kier molecular flexibility index (Phi) is 5.40. The standard InChI is InChI=1S/C14H26N4O2S/c1-4-7-15-9-13-14(11(3)16-17-13)21(19,20)18-12-6-5-10(2)8-12/h10,12,15,18H,4-9H2,1-3H3,(H,16,17). The van der Waals surface area contributed by atoms with Gasteiger partial charge < -0.3 is 5.32 Å². The topological polar surface area (TPSA) is 86.9 Å². The Morgan fingerprint density at radius 3 is 2.76 bits per heavy atom. The first-order valence-corrected chi connectivity index (χ1v) is 9.19. The molecule has 0 saturated heterocycles. The van der Waals surface area contributed by atoms with Gasteiger partial charge in [-0.3, -0.25) is 5.10 Å². The van der Waals surface area contributed by atoms with Crippen molar-refractivity contribution < 1.29 is 8.42 Å². The minimum atomic E-state index is -3.51. The van der Waals surface area contributed by atoms with E-state index in [1.165, 1.54) is 0 Å². The average Bonchev–Trinajstić information content (AvgIpc) is 2.96. The Labute approximate surface area is 127 Å². The third-order valence-electron chi connectivity index (χ3n) is 3.97. The van der Waals surface area contributed by atoms with Crippen molar-refractivity contribution in [2.45, 2.75) is 63.9 Å². The number of aromatic amines is 1. The van der Waals surface area contributed by atoms with E-state index in [1.807, 2.05) is 0 Å². The van der Waals surface area contributed by atoms with E-state index >= 15 is 0 Å². The van der Waals surface area contributed by atoms with E-state index in [1.54, 1.807) is 6.92 Å². The Morgan fingerprint density at radius 2 is 2.14 bits per heavy atom. The summed E-state index contributed by atoms with van der Waals surface area (Å²) in [5, 5.41) is 10.1. The number of aromatic nitrogens is 2. The molecule has 1 heterocycles. The molecule has 0 bridgehead atoms. The lowest BCUT2D eigenvalue weighted by Crippen LogP contribution is -2.34. The Hall–Kier alpha value is -0.920. The fourth-order valence-corrected chi connectivity index (χ4v) is 4.57. The van der Waals surface area contributed by atoms with Crippen LogP contribution in [0.5, 0.6) is 0 Å². The Balaban J connectivity index is 2.13. The molecule has 0 amide bonds. The molecule has 0 spiro atoms. The maximum Gasteiger partial charge on any atom is 0.244 e. The molecular weight excluding hydrogens is 288 g/mol. The fourth-order valence-electron chi connectivity index (χ4n) is 2.92. The van der Waals surface area contributed by atoms with Crippen LogP contribution in [0.15, 0.2) is 4.90 Å². The van der Waals surface area contributed by atoms with Gasteiger partial charge >= 0.3 is 0 Å². The molecular formula is C14H26N4O2S. The minimum Gasteiger partial charge on any atom is -0.311 e. The monoisotopic (exact) mass is 314 g/mol. The van der Waals surface area contributed by atoms with Crippen LogP contribution in [0.25, 0.3) is 0 Å². The van der Waals surface area contributed by atoms with Gasteiger partial charge in [0.05, 0.1) is 11.4 Å². The van der Waals surface area contributed by atoms with E-state index in [0.29, 0.717) is 28.7 Å². The third-order valence-corrected chi connectivity index (χ3v) is 5.69. The number of nitrogens with one attached hydrogen (secondary N) is 3. The zero-order valence-corrected chi connectivity index (χ0v) is 13.9. The molecule has 120 valence electrons. The Morgan fingerprint density at radius 1 is 1.38 bits per heavy atom. The molecule has 2 atom stereocenters. The molecule has 0 radical (unpaired) electrons. The number of hydrogen-bond donors (Lipinski definition) is 3. The first-order valence-electron chi connectivity index (χ1n) is 7.71. The van der Waals surface area contributed by atoms with Crippen LogP contribution in [0.1, 0.15) is 50.9 Å². The maximum absolute atomic E-state index is 12.6. The van der Waals surface area contributed by atoms with Crippen molar-refractivity contribution >= 4 is 10.0 Å². The van der Waals surface area contributed by atoms with Crippen molar-refractivity contribution in [2.75, 3.05) is 6.54 Å². The zero-order chi connectivity index (χ0) is 15.5. The summed E-state index contributed by atoms with van der Waals surface area (Å²) in [5.74, 6) is 0.592. The summed E-state index contributed by atoms with van der Waals surface area (Å²) in [6, 6.07) is 0.0516. The van der Waals surface area contributed by atoms with Gasteiger partial charge in [0.1, 0.15) is 4.90 Å². The van der Waals surface area contributed by atoms with Gasteiger partial charge in [-0.05, 0) is 45.1 Å². The van der Waals surface area contributed by atoms with Crippen LogP contribution in [0.3, 0.4) is 0 Å². The van der Waals surface area contributed by atoms with Gasteiger partial charge in [-0.25, -0.2) is 13.1 Å². The van der Waals surface area contributed by atoms with Gasteiger partial charge in [-0.2, -0.15) is 5.10 Å². The van der Waals surface area contributed by atoms with Gasteiger partial charge in [0.2, 0.25) is 10.0 Å². The van der Waals surface area contributed by atoms with Crippen molar-refractivity contribution in [3.63, 3.8) is 0 Å². The van der Waals surface area contributed by atoms with Crippen LogP contribution in [-0.2, 0) is 16.6 Å². The summed E-state index contributed by atoms with van der Waals surface area (Å²) < 4.78 is 28.1. The highest BCUT2D eigenvalue weighted by atomic mass is 32.2. The molecule has 1 fully saturated rings. The summed E-state index contributed by atoms with van der Waals surface area (Å²) in [6.07, 6.45) is 3.92. The van der Waals surface area contributed by atoms with Gasteiger partial charge in [-0.15, -0.1) is 0 Å². The quantitative estimate of drug-likeness (QED) is 0.668. The predicted molar refractivity (Wildman–Crippen MR) is 82.4 cm³/mol. The van der Waals surface area contributed by atoms with E-state index in [-0.39, 0.29) is 6.04 Å². The Bertz CT molecular complexity index is 568. The molecule has 0 aliphatic heterocycles. The number of aryl methyl sites for hydroxylation is 1. The molecule has 2 rings (SSSR count). The van der Waals surface area contributed by atoms with Gasteiger partial charge in [-0.1, -0.05) is 13.8 Å². The van der Waals surface area contributed by atoms with Gasteiger partial charge in [0, 0.05) is 12.6 Å². The normalized spacial score (nSPS) is 22.8. The lowest BCUT2D eigenvalue weighted by molar-refractivity contribution is 0.536. The van der Waals surface area contributed by atoms with Crippen LogP contribution in [0.4, 0.5) is 0 Å². The van der Waals surface area contributed by atoms with Crippen molar-refractivity contribution in [3.05, 3.63) is 11.4 Å². The highest BCUT2D eigenvalue weighted by Crippen LogP contribution is 2.27. The summed E-state index contributed by atoms with van der Waals surface area (Å²) in [7, 11) is -3.51. The molecule has 21 heavy (non-hydrogen) atoms. The summed E-state index contributed by atoms with van der Waals surface area (Å²) in [5.41, 5.74) is 1.17. The number of rotatable bonds is 7. The molecule has 1 aromatic rings. The number of H-pyrrole nitrogens is 1. The largest absolute Gasteiger partial charge is 0.311 e. The summed E-state index contributed by atoms with van der Waals surface area (Å²) in [6.45, 7) is 7.30. The van der Waals surface area contributed by atoms with Crippen molar-refractivity contribution in [1.29, 1.82) is 0 Å². The van der Waals surface area contributed by atoms with Gasteiger partial charge in [0.25, 0.3) is 0 Å². The number of sulfonamides is 1. The van der Waals surface area contributed by atoms with E-state index in [0.717, 1.165) is 32.2 Å². The van der Waals surface area contributed by atoms with Crippen molar-refractivity contribution in [1.82, 2.24) is 20.2 Å². The predicted octanol–water partition coefficient (Wildman–Crippen LogP) is 1.68. The van der Waals surface area contributed by atoms with Crippen LogP contribution in [0, 0.1) is 12.8 Å². The lowest BCUT2D eigenvalue weighted by atomic mass is 10.1. The first-order chi connectivity index (χ1) is 9.94. The second-order valence-corrected chi connectivity index (χ2v) is 7.69. The molecule has 1 aromatic heterocycles. The minimum absolute atomic E-state index is 0.0516. The van der Waals surface area contributed by atoms with Crippen molar-refractivity contribution in [2.24, 2.45) is 5.92 Å². The van der Waals surface area contributed by atoms with Crippen LogP contribution < -0.4 is 10.0 Å². The second kappa shape index (κ2) is 6.89. The van der Waals surface area contributed by atoms with E-state index in [4.69, 9.17) is 0 Å². The molecule has 1 aliphatic rings. The third kappa shape index (κ3) is 4.05. The average molecular weight is 314 g/mol. The summed E-state index contributed by atoms with van der Waals surface area (Å²) in [4.78, 5) is 0.311. The van der Waals surface area contributed by atoms with Crippen molar-refractivity contribution in [3.8, 4) is 0 Å². The molecule has 3 N–H and O–H groups in total. The highest BCUT2D eigenvalue weighted by Gasteiger charge is 2.30. The zero-order valence-electron chi connectivity index (χ0n) is 13.1. The highest BCUT2D eigenvalue weighted by molar-refractivity contribution is 7.89. The SMILES string of the molecule is CCCNCc1n[nH]c(C)c1S(=O)(=O)NC1CCC(C)C1. The van der Waals surface area contributed by atoms with Crippen LogP contribution in [0.2, 0.25) is 0 Å². The van der Waals surface area contributed by atoms with E-state index < -0.39 is 10.0 Å². The lowest BCUT2D eigenvalue weighted by Gasteiger charge is -2.14. The molecule has 7 heteroatoms. The van der Waals surface area contributed by atoms with E-state index in [2.05, 4.69) is 34.1 Å². The maximum atomic E-state index is 12.6. The molecule has 1 saturated carbocycles. The van der Waals surface area contributed by atoms with Gasteiger partial charge in [0.15, 0.2) is 0 Å². The number of hydrogen-bond acceptors (Lipinski definition) is 4. The first kappa shape index (κ1) is 16.5. The fraction of sp³-hybridized carbons (Fsp3) is 0.786. The number of nitrogens with zero attached hydrogens (tertiary/aromatic N) is 1. The molecule has 6 nitrogen and oxygen atoms in total. The van der Waals surface area contributed by atoms with Crippen LogP contribution >= 0.6 is 0 Å².